The number of amides is 1. The van der Waals surface area contributed by atoms with Crippen molar-refractivity contribution in [2.75, 3.05) is 18.2 Å². The van der Waals surface area contributed by atoms with Gasteiger partial charge in [0, 0.05) is 16.9 Å². The lowest BCUT2D eigenvalue weighted by molar-refractivity contribution is -0.113. The fourth-order valence-electron chi connectivity index (χ4n) is 4.63. The van der Waals surface area contributed by atoms with Crippen molar-refractivity contribution in [2.24, 2.45) is 0 Å². The van der Waals surface area contributed by atoms with E-state index in [0.29, 0.717) is 10.4 Å². The van der Waals surface area contributed by atoms with Gasteiger partial charge in [-0.25, -0.2) is 4.98 Å². The second-order valence-corrected chi connectivity index (χ2v) is 10.9. The number of aromatic nitrogens is 2. The Morgan fingerprint density at radius 3 is 2.62 bits per heavy atom. The van der Waals surface area contributed by atoms with Crippen LogP contribution in [-0.4, -0.2) is 33.6 Å². The highest BCUT2D eigenvalue weighted by molar-refractivity contribution is 8.00. The van der Waals surface area contributed by atoms with Crippen LogP contribution in [0.25, 0.3) is 5.69 Å². The first-order valence-electron chi connectivity index (χ1n) is 11.5. The van der Waals surface area contributed by atoms with Crippen molar-refractivity contribution < 1.29 is 9.53 Å². The predicted octanol–water partition coefficient (Wildman–Crippen LogP) is 5.41. The van der Waals surface area contributed by atoms with Crippen molar-refractivity contribution in [3.8, 4) is 11.4 Å². The SMILES string of the molecule is COc1ccc(-n2c(SCC(=O)Nc3ccc(C)cc3)nc3c(c2=O)C2CCCCC2S3)cc1. The lowest BCUT2D eigenvalue weighted by atomic mass is 9.85. The van der Waals surface area contributed by atoms with E-state index in [2.05, 4.69) is 5.32 Å². The Kier molecular flexibility index (Phi) is 6.70. The Morgan fingerprint density at radius 2 is 1.88 bits per heavy atom. The lowest BCUT2D eigenvalue weighted by Gasteiger charge is -2.24. The summed E-state index contributed by atoms with van der Waals surface area (Å²) in [5.74, 6) is 1.01. The van der Waals surface area contributed by atoms with Gasteiger partial charge >= 0.3 is 0 Å². The second-order valence-electron chi connectivity index (χ2n) is 8.70. The van der Waals surface area contributed by atoms with Crippen LogP contribution in [-0.2, 0) is 4.79 Å². The number of anilines is 1. The van der Waals surface area contributed by atoms with E-state index < -0.39 is 0 Å². The Balaban J connectivity index is 1.46. The van der Waals surface area contributed by atoms with Crippen molar-refractivity contribution in [1.29, 1.82) is 0 Å². The fourth-order valence-corrected chi connectivity index (χ4v) is 7.01. The third-order valence-corrected chi connectivity index (χ3v) is 8.73. The molecule has 8 heteroatoms. The maximum Gasteiger partial charge on any atom is 0.263 e. The fraction of sp³-hybridized carbons (Fsp3) is 0.346. The highest BCUT2D eigenvalue weighted by Gasteiger charge is 2.39. The average molecular weight is 494 g/mol. The number of hydrogen-bond donors (Lipinski definition) is 1. The van der Waals surface area contributed by atoms with Gasteiger partial charge in [-0.2, -0.15) is 0 Å². The van der Waals surface area contributed by atoms with Gasteiger partial charge in [-0.3, -0.25) is 14.2 Å². The summed E-state index contributed by atoms with van der Waals surface area (Å²) in [4.78, 5) is 31.4. The van der Waals surface area contributed by atoms with Crippen LogP contribution in [0.15, 0.2) is 63.5 Å². The van der Waals surface area contributed by atoms with E-state index in [1.807, 2.05) is 55.5 Å². The van der Waals surface area contributed by atoms with Crippen LogP contribution in [0.3, 0.4) is 0 Å². The largest absolute Gasteiger partial charge is 0.497 e. The second kappa shape index (κ2) is 9.88. The van der Waals surface area contributed by atoms with Gasteiger partial charge in [-0.15, -0.1) is 11.8 Å². The smallest absolute Gasteiger partial charge is 0.263 e. The van der Waals surface area contributed by atoms with E-state index >= 15 is 0 Å². The standard InChI is InChI=1S/C26H27N3O3S2/c1-16-7-9-17(10-8-16)27-22(30)15-33-26-28-24-23(20-5-3-4-6-21(20)34-24)25(31)29(26)18-11-13-19(32-2)14-12-18/h7-14,20-21H,3-6,15H2,1-2H3,(H,27,30). The number of thioether (sulfide) groups is 2. The van der Waals surface area contributed by atoms with Crippen LogP contribution in [0.4, 0.5) is 5.69 Å². The summed E-state index contributed by atoms with van der Waals surface area (Å²) in [5.41, 5.74) is 3.45. The van der Waals surface area contributed by atoms with Gasteiger partial charge in [-0.1, -0.05) is 42.3 Å². The Hall–Kier alpha value is -2.71. The molecular weight excluding hydrogens is 466 g/mol. The average Bonchev–Trinajstić information content (AvgIpc) is 3.23. The summed E-state index contributed by atoms with van der Waals surface area (Å²) in [7, 11) is 1.62. The van der Waals surface area contributed by atoms with Crippen molar-refractivity contribution in [3.05, 3.63) is 70.0 Å². The number of aryl methyl sites for hydroxylation is 1. The van der Waals surface area contributed by atoms with E-state index in [-0.39, 0.29) is 23.1 Å². The zero-order chi connectivity index (χ0) is 23.7. The van der Waals surface area contributed by atoms with Gasteiger partial charge in [0.1, 0.15) is 10.8 Å². The zero-order valence-corrected chi connectivity index (χ0v) is 20.9. The van der Waals surface area contributed by atoms with Gasteiger partial charge in [-0.05, 0) is 56.2 Å². The number of benzene rings is 2. The molecule has 6 nitrogen and oxygen atoms in total. The molecular formula is C26H27N3O3S2. The molecule has 3 aromatic rings. The molecule has 2 atom stereocenters. The van der Waals surface area contributed by atoms with Crippen LogP contribution < -0.4 is 15.6 Å². The quantitative estimate of drug-likeness (QED) is 0.281. The molecule has 0 spiro atoms. The summed E-state index contributed by atoms with van der Waals surface area (Å²) < 4.78 is 6.95. The molecule has 5 rings (SSSR count). The number of hydrogen-bond acceptors (Lipinski definition) is 6. The van der Waals surface area contributed by atoms with E-state index in [1.165, 1.54) is 18.2 Å². The minimum atomic E-state index is -0.133. The number of nitrogens with one attached hydrogen (secondary N) is 1. The molecule has 1 fully saturated rings. The first-order valence-corrected chi connectivity index (χ1v) is 13.4. The molecule has 34 heavy (non-hydrogen) atoms. The molecule has 1 aliphatic carbocycles. The van der Waals surface area contributed by atoms with Crippen LogP contribution in [0, 0.1) is 6.92 Å². The number of carbonyl (C=O) groups is 1. The molecule has 2 aromatic carbocycles. The van der Waals surface area contributed by atoms with Gasteiger partial charge < -0.3 is 10.1 Å². The van der Waals surface area contributed by atoms with Gasteiger partial charge in [0.2, 0.25) is 5.91 Å². The predicted molar refractivity (Wildman–Crippen MR) is 138 cm³/mol. The maximum absolute atomic E-state index is 13.8. The molecule has 0 radical (unpaired) electrons. The Morgan fingerprint density at radius 1 is 1.15 bits per heavy atom. The molecule has 1 N–H and O–H groups in total. The molecule has 1 saturated carbocycles. The Labute approximate surface area is 207 Å². The van der Waals surface area contributed by atoms with Crippen molar-refractivity contribution >= 4 is 35.1 Å². The molecule has 2 heterocycles. The molecule has 2 unspecified atom stereocenters. The summed E-state index contributed by atoms with van der Waals surface area (Å²) in [6.07, 6.45) is 4.51. The van der Waals surface area contributed by atoms with E-state index in [9.17, 15) is 9.59 Å². The summed E-state index contributed by atoms with van der Waals surface area (Å²) >= 11 is 3.03. The number of carbonyl (C=O) groups excluding carboxylic acids is 1. The van der Waals surface area contributed by atoms with E-state index in [4.69, 9.17) is 9.72 Å². The zero-order valence-electron chi connectivity index (χ0n) is 19.2. The first-order chi connectivity index (χ1) is 16.5. The van der Waals surface area contributed by atoms with Crippen LogP contribution in [0.1, 0.15) is 42.7 Å². The molecule has 0 saturated heterocycles. The number of nitrogens with zero attached hydrogens (tertiary/aromatic N) is 2. The van der Waals surface area contributed by atoms with Crippen molar-refractivity contribution in [2.45, 2.75) is 54.0 Å². The summed E-state index contributed by atoms with van der Waals surface area (Å²) in [6.45, 7) is 2.01. The monoisotopic (exact) mass is 493 g/mol. The highest BCUT2D eigenvalue weighted by Crippen LogP contribution is 2.50. The topological polar surface area (TPSA) is 73.2 Å². The third kappa shape index (κ3) is 4.61. The number of fused-ring (bicyclic) bond motifs is 3. The summed E-state index contributed by atoms with van der Waals surface area (Å²) in [6, 6.07) is 15.1. The molecule has 1 aliphatic heterocycles. The first kappa shape index (κ1) is 23.1. The minimum Gasteiger partial charge on any atom is -0.497 e. The molecule has 1 aromatic heterocycles. The minimum absolute atomic E-state index is 0.0153. The number of rotatable bonds is 6. The highest BCUT2D eigenvalue weighted by atomic mass is 32.2. The van der Waals surface area contributed by atoms with Crippen LogP contribution in [0.5, 0.6) is 5.75 Å². The number of methoxy groups -OCH3 is 1. The van der Waals surface area contributed by atoms with E-state index in [1.54, 1.807) is 23.4 Å². The van der Waals surface area contributed by atoms with Crippen LogP contribution in [0.2, 0.25) is 0 Å². The lowest BCUT2D eigenvalue weighted by Crippen LogP contribution is -2.29. The maximum atomic E-state index is 13.8. The van der Waals surface area contributed by atoms with Crippen molar-refractivity contribution in [1.82, 2.24) is 9.55 Å². The number of ether oxygens (including phenoxy) is 1. The van der Waals surface area contributed by atoms with Gasteiger partial charge in [0.05, 0.1) is 24.1 Å². The van der Waals surface area contributed by atoms with E-state index in [0.717, 1.165) is 52.5 Å². The third-order valence-electron chi connectivity index (χ3n) is 6.39. The molecule has 176 valence electrons. The molecule has 2 aliphatic rings. The Bertz CT molecular complexity index is 1260. The molecule has 0 bridgehead atoms. The van der Waals surface area contributed by atoms with Gasteiger partial charge in [0.15, 0.2) is 5.16 Å². The molecule has 1 amide bonds. The summed E-state index contributed by atoms with van der Waals surface area (Å²) in [5, 5.41) is 4.74. The van der Waals surface area contributed by atoms with Gasteiger partial charge in [0.25, 0.3) is 5.56 Å². The van der Waals surface area contributed by atoms with Crippen molar-refractivity contribution in [3.63, 3.8) is 0 Å². The van der Waals surface area contributed by atoms with Crippen LogP contribution >= 0.6 is 23.5 Å². The normalized spacial score (nSPS) is 18.8.